The van der Waals surface area contributed by atoms with Crippen molar-refractivity contribution in [2.75, 3.05) is 30.7 Å². The molecule has 0 spiro atoms. The number of nitrogens with two attached hydrogens (primary N) is 1. The van der Waals surface area contributed by atoms with E-state index in [1.165, 1.54) is 6.21 Å². The second-order valence-electron chi connectivity index (χ2n) is 7.70. The van der Waals surface area contributed by atoms with Crippen LogP contribution in [0, 0.1) is 5.41 Å². The molecule has 3 amide bonds. The number of rotatable bonds is 6. The summed E-state index contributed by atoms with van der Waals surface area (Å²) in [5, 5.41) is 19.7. The minimum absolute atomic E-state index is 0.0557. The van der Waals surface area contributed by atoms with Crippen molar-refractivity contribution in [1.29, 1.82) is 5.41 Å². The molecular formula is C22H28N6O3. The van der Waals surface area contributed by atoms with Crippen molar-refractivity contribution in [3.8, 4) is 0 Å². The second-order valence-corrected chi connectivity index (χ2v) is 7.70. The Hall–Kier alpha value is -3.46. The Balaban J connectivity index is 1.72. The summed E-state index contributed by atoms with van der Waals surface area (Å²) < 4.78 is 0. The molecule has 2 aromatic rings. The summed E-state index contributed by atoms with van der Waals surface area (Å²) in [6.07, 6.45) is 3.44. The van der Waals surface area contributed by atoms with Gasteiger partial charge in [0.2, 0.25) is 0 Å². The third-order valence-corrected chi connectivity index (χ3v) is 5.36. The Bertz CT molecular complexity index is 991. The van der Waals surface area contributed by atoms with Gasteiger partial charge < -0.3 is 31.4 Å². The Labute approximate surface area is 181 Å². The fourth-order valence-corrected chi connectivity index (χ4v) is 3.72. The van der Waals surface area contributed by atoms with Crippen LogP contribution in [-0.2, 0) is 13.0 Å². The zero-order chi connectivity index (χ0) is 22.5. The lowest BCUT2D eigenvalue weighted by molar-refractivity contribution is 0.0665. The number of aromatic nitrogens is 1. The molecule has 31 heavy (non-hydrogen) atoms. The number of amides is 3. The lowest BCUT2D eigenvalue weighted by Gasteiger charge is -2.30. The van der Waals surface area contributed by atoms with Crippen LogP contribution in [0.5, 0.6) is 0 Å². The van der Waals surface area contributed by atoms with E-state index in [9.17, 15) is 14.7 Å². The molecule has 0 radical (unpaired) electrons. The number of hydrogen-bond donors (Lipinski definition) is 4. The summed E-state index contributed by atoms with van der Waals surface area (Å²) in [6.45, 7) is 4.76. The van der Waals surface area contributed by atoms with Gasteiger partial charge in [-0.25, -0.2) is 9.78 Å². The number of anilines is 2. The molecule has 9 heteroatoms. The van der Waals surface area contributed by atoms with Crippen LogP contribution in [0.2, 0.25) is 0 Å². The van der Waals surface area contributed by atoms with Crippen molar-refractivity contribution in [2.24, 2.45) is 0 Å². The minimum Gasteiger partial charge on any atom is -0.395 e. The monoisotopic (exact) mass is 424 g/mol. The van der Waals surface area contributed by atoms with Gasteiger partial charge in [0.1, 0.15) is 5.82 Å². The van der Waals surface area contributed by atoms with Gasteiger partial charge in [-0.1, -0.05) is 6.07 Å². The number of hydrogen-bond acceptors (Lipinski definition) is 6. The van der Waals surface area contributed by atoms with Crippen molar-refractivity contribution in [3.63, 3.8) is 0 Å². The normalized spacial score (nSPS) is 13.0. The van der Waals surface area contributed by atoms with Crippen LogP contribution in [0.3, 0.4) is 0 Å². The number of urea groups is 1. The van der Waals surface area contributed by atoms with Gasteiger partial charge in [0.05, 0.1) is 6.61 Å². The molecular weight excluding hydrogens is 396 g/mol. The average molecular weight is 425 g/mol. The number of nitrogens with zero attached hydrogens (tertiary/aromatic N) is 3. The molecule has 0 aliphatic carbocycles. The SMILES string of the molecule is CC(C)N(CCO)C(=O)c1cccc(NC(=O)N2CCc3c(cnc(N)c3C=N)C2)c1. The zero-order valence-electron chi connectivity index (χ0n) is 17.8. The highest BCUT2D eigenvalue weighted by atomic mass is 16.3. The number of pyridine rings is 1. The van der Waals surface area contributed by atoms with Gasteiger partial charge in [-0.15, -0.1) is 0 Å². The van der Waals surface area contributed by atoms with E-state index in [0.717, 1.165) is 11.1 Å². The largest absolute Gasteiger partial charge is 0.395 e. The van der Waals surface area contributed by atoms with Gasteiger partial charge >= 0.3 is 6.03 Å². The Morgan fingerprint density at radius 3 is 2.87 bits per heavy atom. The van der Waals surface area contributed by atoms with Gasteiger partial charge in [0.15, 0.2) is 0 Å². The van der Waals surface area contributed by atoms with Crippen molar-refractivity contribution in [2.45, 2.75) is 32.9 Å². The van der Waals surface area contributed by atoms with Gasteiger partial charge in [-0.2, -0.15) is 0 Å². The molecule has 0 saturated heterocycles. The number of carbonyl (C=O) groups excluding carboxylic acids is 2. The molecule has 1 aliphatic heterocycles. The predicted molar refractivity (Wildman–Crippen MR) is 119 cm³/mol. The highest BCUT2D eigenvalue weighted by molar-refractivity contribution is 5.97. The average Bonchev–Trinajstić information content (AvgIpc) is 2.76. The maximum atomic E-state index is 12.8. The van der Waals surface area contributed by atoms with E-state index in [4.69, 9.17) is 11.1 Å². The number of aliphatic hydroxyl groups excluding tert-OH is 1. The number of nitrogen functional groups attached to an aromatic ring is 1. The molecule has 0 fully saturated rings. The second kappa shape index (κ2) is 9.57. The summed E-state index contributed by atoms with van der Waals surface area (Å²) in [5.74, 6) is 0.125. The molecule has 0 saturated carbocycles. The first kappa shape index (κ1) is 22.2. The van der Waals surface area contributed by atoms with Crippen molar-refractivity contribution in [1.82, 2.24) is 14.8 Å². The summed E-state index contributed by atoms with van der Waals surface area (Å²) >= 11 is 0. The molecule has 9 nitrogen and oxygen atoms in total. The number of fused-ring (bicyclic) bond motifs is 1. The quantitative estimate of drug-likeness (QED) is 0.527. The zero-order valence-corrected chi connectivity index (χ0v) is 17.8. The van der Waals surface area contributed by atoms with E-state index in [1.54, 1.807) is 40.3 Å². The lowest BCUT2D eigenvalue weighted by atomic mass is 9.97. The van der Waals surface area contributed by atoms with Crippen LogP contribution in [0.4, 0.5) is 16.3 Å². The summed E-state index contributed by atoms with van der Waals surface area (Å²) in [7, 11) is 0. The van der Waals surface area contributed by atoms with Crippen LogP contribution < -0.4 is 11.1 Å². The van der Waals surface area contributed by atoms with Crippen LogP contribution in [0.25, 0.3) is 0 Å². The molecule has 0 unspecified atom stereocenters. The first-order chi connectivity index (χ1) is 14.8. The smallest absolute Gasteiger partial charge is 0.322 e. The number of benzene rings is 1. The maximum absolute atomic E-state index is 12.8. The van der Waals surface area contributed by atoms with Gasteiger partial charge in [0.25, 0.3) is 5.91 Å². The van der Waals surface area contributed by atoms with E-state index in [-0.39, 0.29) is 31.1 Å². The molecule has 3 rings (SSSR count). The molecule has 1 aromatic carbocycles. The van der Waals surface area contributed by atoms with Crippen LogP contribution in [0.15, 0.2) is 30.5 Å². The molecule has 0 atom stereocenters. The van der Waals surface area contributed by atoms with Crippen LogP contribution in [0.1, 0.15) is 40.9 Å². The fraction of sp³-hybridized carbons (Fsp3) is 0.364. The third-order valence-electron chi connectivity index (χ3n) is 5.36. The van der Waals surface area contributed by atoms with Crippen LogP contribution >= 0.6 is 0 Å². The highest BCUT2D eigenvalue weighted by Crippen LogP contribution is 2.24. The number of carbonyl (C=O) groups is 2. The summed E-state index contributed by atoms with van der Waals surface area (Å²) in [4.78, 5) is 33.0. The summed E-state index contributed by atoms with van der Waals surface area (Å²) in [6, 6.07) is 6.44. The molecule has 1 aromatic heterocycles. The Morgan fingerprint density at radius 2 is 2.19 bits per heavy atom. The lowest BCUT2D eigenvalue weighted by Crippen LogP contribution is -2.40. The number of aliphatic hydroxyl groups is 1. The van der Waals surface area contributed by atoms with E-state index in [2.05, 4.69) is 10.3 Å². The Kier molecular flexibility index (Phi) is 6.86. The number of nitrogens with one attached hydrogen (secondary N) is 2. The van der Waals surface area contributed by atoms with E-state index < -0.39 is 0 Å². The standard InChI is InChI=1S/C22H28N6O3/c1-14(2)28(8-9-29)21(30)15-4-3-5-17(10-15)26-22(31)27-7-6-18-16(13-27)12-25-20(24)19(18)11-23/h3-5,10-12,14,23,29H,6-9,13H2,1-2H3,(H2,24,25)(H,26,31). The van der Waals surface area contributed by atoms with Gasteiger partial charge in [-0.05, 0) is 49.6 Å². The van der Waals surface area contributed by atoms with E-state index >= 15 is 0 Å². The van der Waals surface area contributed by atoms with Crippen molar-refractivity contribution in [3.05, 3.63) is 52.7 Å². The third kappa shape index (κ3) is 4.83. The predicted octanol–water partition coefficient (Wildman–Crippen LogP) is 2.09. The highest BCUT2D eigenvalue weighted by Gasteiger charge is 2.24. The topological polar surface area (TPSA) is 136 Å². The van der Waals surface area contributed by atoms with E-state index in [1.807, 2.05) is 13.8 Å². The Morgan fingerprint density at radius 1 is 1.42 bits per heavy atom. The molecule has 2 heterocycles. The van der Waals surface area contributed by atoms with E-state index in [0.29, 0.717) is 42.1 Å². The first-order valence-corrected chi connectivity index (χ1v) is 10.2. The molecule has 0 bridgehead atoms. The fourth-order valence-electron chi connectivity index (χ4n) is 3.72. The van der Waals surface area contributed by atoms with Gasteiger partial charge in [-0.3, -0.25) is 4.79 Å². The minimum atomic E-state index is -0.278. The van der Waals surface area contributed by atoms with Gasteiger partial charge in [0, 0.05) is 54.9 Å². The summed E-state index contributed by atoms with van der Waals surface area (Å²) in [5.41, 5.74) is 9.25. The first-order valence-electron chi connectivity index (χ1n) is 10.2. The molecule has 5 N–H and O–H groups in total. The molecule has 164 valence electrons. The van der Waals surface area contributed by atoms with Crippen molar-refractivity contribution < 1.29 is 14.7 Å². The van der Waals surface area contributed by atoms with Crippen LogP contribution in [-0.4, -0.2) is 63.8 Å². The van der Waals surface area contributed by atoms with Crippen molar-refractivity contribution >= 4 is 29.7 Å². The maximum Gasteiger partial charge on any atom is 0.322 e. The molecule has 1 aliphatic rings.